The molecule has 8 nitrogen and oxygen atoms in total. The fourth-order valence-corrected chi connectivity index (χ4v) is 1.09. The third kappa shape index (κ3) is 10.5. The molecule has 0 heterocycles. The van der Waals surface area contributed by atoms with Crippen molar-refractivity contribution in [1.82, 2.24) is 0 Å². The molecule has 0 aromatic heterocycles. The van der Waals surface area contributed by atoms with Crippen LogP contribution in [0.3, 0.4) is 0 Å². The summed E-state index contributed by atoms with van der Waals surface area (Å²) in [6.45, 7) is 9.17. The Bertz CT molecular complexity index is 388. The highest BCUT2D eigenvalue weighted by Gasteiger charge is 2.21. The topological polar surface area (TPSA) is 97.4 Å². The molecule has 0 bridgehead atoms. The highest BCUT2D eigenvalue weighted by atomic mass is 16.8. The minimum Gasteiger partial charge on any atom is -0.458 e. The number of hydrogen-bond acceptors (Lipinski definition) is 8. The van der Waals surface area contributed by atoms with Crippen molar-refractivity contribution in [3.63, 3.8) is 0 Å². The number of esters is 1. The van der Waals surface area contributed by atoms with Crippen molar-refractivity contribution in [3.8, 4) is 0 Å². The minimum atomic E-state index is -1.02. The second kappa shape index (κ2) is 10.5. The van der Waals surface area contributed by atoms with E-state index in [9.17, 15) is 14.4 Å². The molecule has 0 saturated carbocycles. The third-order valence-corrected chi connectivity index (χ3v) is 1.89. The van der Waals surface area contributed by atoms with Crippen LogP contribution in [0.4, 0.5) is 9.59 Å². The number of rotatable bonds is 8. The number of carbonyl (C=O) groups excluding carboxylic acids is 3. The lowest BCUT2D eigenvalue weighted by atomic mass is 10.4. The summed E-state index contributed by atoms with van der Waals surface area (Å²) in [7, 11) is 0. The first kappa shape index (κ1) is 19.8. The van der Waals surface area contributed by atoms with Crippen LogP contribution in [-0.2, 0) is 28.5 Å². The average Bonchev–Trinajstić information content (AvgIpc) is 2.39. The van der Waals surface area contributed by atoms with Crippen molar-refractivity contribution >= 4 is 18.3 Å². The van der Waals surface area contributed by atoms with Gasteiger partial charge in [0.25, 0.3) is 0 Å². The Balaban J connectivity index is 4.44. The molecule has 0 aliphatic carbocycles. The summed E-state index contributed by atoms with van der Waals surface area (Å²) in [6.07, 6.45) is -2.68. The Morgan fingerprint density at radius 1 is 0.864 bits per heavy atom. The quantitative estimate of drug-likeness (QED) is 0.382. The van der Waals surface area contributed by atoms with E-state index >= 15 is 0 Å². The van der Waals surface area contributed by atoms with Crippen molar-refractivity contribution in [3.05, 3.63) is 12.7 Å². The third-order valence-electron chi connectivity index (χ3n) is 1.89. The molecule has 0 aliphatic rings. The van der Waals surface area contributed by atoms with Crippen LogP contribution < -0.4 is 0 Å². The van der Waals surface area contributed by atoms with Gasteiger partial charge in [-0.3, -0.25) is 0 Å². The van der Waals surface area contributed by atoms with Gasteiger partial charge in [-0.05, 0) is 27.7 Å². The second-order valence-electron chi connectivity index (χ2n) is 4.72. The van der Waals surface area contributed by atoms with Gasteiger partial charge >= 0.3 is 18.3 Å². The maximum Gasteiger partial charge on any atom is 0.509 e. The molecular formula is C14H22O8. The van der Waals surface area contributed by atoms with Gasteiger partial charge < -0.3 is 23.7 Å². The van der Waals surface area contributed by atoms with Gasteiger partial charge in [0.1, 0.15) is 13.2 Å². The molecule has 1 atom stereocenters. The van der Waals surface area contributed by atoms with Crippen LogP contribution >= 0.6 is 0 Å². The second-order valence-corrected chi connectivity index (χ2v) is 4.72. The van der Waals surface area contributed by atoms with Gasteiger partial charge in [-0.25, -0.2) is 14.4 Å². The van der Waals surface area contributed by atoms with E-state index in [1.54, 1.807) is 27.7 Å². The lowest BCUT2D eigenvalue weighted by Gasteiger charge is -2.18. The highest BCUT2D eigenvalue weighted by Crippen LogP contribution is 2.03. The van der Waals surface area contributed by atoms with Gasteiger partial charge in [0.15, 0.2) is 6.10 Å². The molecule has 0 spiro atoms. The molecule has 0 radical (unpaired) electrons. The van der Waals surface area contributed by atoms with Crippen LogP contribution in [-0.4, -0.2) is 49.8 Å². The largest absolute Gasteiger partial charge is 0.509 e. The summed E-state index contributed by atoms with van der Waals surface area (Å²) >= 11 is 0. The molecule has 0 fully saturated rings. The van der Waals surface area contributed by atoms with Gasteiger partial charge in [0.2, 0.25) is 0 Å². The van der Waals surface area contributed by atoms with Gasteiger partial charge in [0, 0.05) is 6.08 Å². The van der Waals surface area contributed by atoms with Crippen LogP contribution in [0.1, 0.15) is 27.7 Å². The Hall–Kier alpha value is -2.25. The number of carbonyl (C=O) groups is 3. The molecule has 0 saturated heterocycles. The number of ether oxygens (including phenoxy) is 5. The van der Waals surface area contributed by atoms with Gasteiger partial charge in [0.05, 0.1) is 12.2 Å². The van der Waals surface area contributed by atoms with Crippen LogP contribution in [0.5, 0.6) is 0 Å². The maximum absolute atomic E-state index is 11.4. The zero-order chi connectivity index (χ0) is 17.1. The Kier molecular flexibility index (Phi) is 9.40. The van der Waals surface area contributed by atoms with Crippen molar-refractivity contribution in [2.24, 2.45) is 0 Å². The first-order valence-corrected chi connectivity index (χ1v) is 6.74. The lowest BCUT2D eigenvalue weighted by molar-refractivity contribution is -0.142. The zero-order valence-corrected chi connectivity index (χ0v) is 13.2. The summed E-state index contributed by atoms with van der Waals surface area (Å²) < 4.78 is 24.0. The number of hydrogen-bond donors (Lipinski definition) is 0. The van der Waals surface area contributed by atoms with E-state index in [4.69, 9.17) is 23.7 Å². The van der Waals surface area contributed by atoms with E-state index in [-0.39, 0.29) is 25.4 Å². The van der Waals surface area contributed by atoms with Crippen molar-refractivity contribution < 1.29 is 38.1 Å². The highest BCUT2D eigenvalue weighted by molar-refractivity contribution is 5.81. The van der Waals surface area contributed by atoms with Crippen molar-refractivity contribution in [2.75, 3.05) is 13.2 Å². The van der Waals surface area contributed by atoms with Gasteiger partial charge in [-0.2, -0.15) is 0 Å². The Labute approximate surface area is 129 Å². The molecular weight excluding hydrogens is 296 g/mol. The molecule has 0 amide bonds. The van der Waals surface area contributed by atoms with E-state index in [0.717, 1.165) is 6.08 Å². The van der Waals surface area contributed by atoms with Crippen LogP contribution in [0, 0.1) is 0 Å². The molecule has 0 aliphatic heterocycles. The predicted molar refractivity (Wildman–Crippen MR) is 75.2 cm³/mol. The smallest absolute Gasteiger partial charge is 0.458 e. The van der Waals surface area contributed by atoms with Gasteiger partial charge in [-0.1, -0.05) is 6.58 Å². The van der Waals surface area contributed by atoms with E-state index in [2.05, 4.69) is 6.58 Å². The predicted octanol–water partition coefficient (Wildman–Crippen LogP) is 2.21. The fraction of sp³-hybridized carbons (Fsp3) is 0.643. The Morgan fingerprint density at radius 2 is 1.36 bits per heavy atom. The van der Waals surface area contributed by atoms with E-state index in [1.807, 2.05) is 0 Å². The summed E-state index contributed by atoms with van der Waals surface area (Å²) in [4.78, 5) is 33.7. The standard InChI is InChI=1S/C14H22O8/c1-6-12(15)18-7-11(22-14(17)21-10(4)5)8-19-13(16)20-9(2)3/h6,9-11H,1,7-8H2,2-5H3. The van der Waals surface area contributed by atoms with Crippen LogP contribution in [0.25, 0.3) is 0 Å². The minimum absolute atomic E-state index is 0.312. The van der Waals surface area contributed by atoms with Gasteiger partial charge in [-0.15, -0.1) is 0 Å². The van der Waals surface area contributed by atoms with E-state index in [0.29, 0.717) is 0 Å². The zero-order valence-electron chi connectivity index (χ0n) is 13.2. The lowest BCUT2D eigenvalue weighted by Crippen LogP contribution is -2.32. The fourth-order valence-electron chi connectivity index (χ4n) is 1.09. The Morgan fingerprint density at radius 3 is 1.86 bits per heavy atom. The van der Waals surface area contributed by atoms with E-state index < -0.39 is 24.4 Å². The maximum atomic E-state index is 11.4. The van der Waals surface area contributed by atoms with Crippen molar-refractivity contribution in [2.45, 2.75) is 46.0 Å². The normalized spacial score (nSPS) is 11.5. The molecule has 0 N–H and O–H groups in total. The monoisotopic (exact) mass is 318 g/mol. The van der Waals surface area contributed by atoms with E-state index in [1.165, 1.54) is 0 Å². The molecule has 0 aromatic carbocycles. The molecule has 8 heteroatoms. The molecule has 0 aromatic rings. The summed E-state index contributed by atoms with van der Waals surface area (Å²) in [5.74, 6) is -0.699. The molecule has 1 unspecified atom stereocenters. The van der Waals surface area contributed by atoms with Crippen LogP contribution in [0.15, 0.2) is 12.7 Å². The first-order chi connectivity index (χ1) is 10.2. The summed E-state index contributed by atoms with van der Waals surface area (Å²) in [5.41, 5.74) is 0. The molecule has 126 valence electrons. The molecule has 0 rings (SSSR count). The van der Waals surface area contributed by atoms with Crippen molar-refractivity contribution in [1.29, 1.82) is 0 Å². The first-order valence-electron chi connectivity index (χ1n) is 6.74. The SMILES string of the molecule is C=CC(=O)OCC(COC(=O)OC(C)C)OC(=O)OC(C)C. The van der Waals surface area contributed by atoms with Crippen LogP contribution in [0.2, 0.25) is 0 Å². The average molecular weight is 318 g/mol. The molecule has 22 heavy (non-hydrogen) atoms. The summed E-state index contributed by atoms with van der Waals surface area (Å²) in [5, 5.41) is 0. The summed E-state index contributed by atoms with van der Waals surface area (Å²) in [6, 6.07) is 0.